The summed E-state index contributed by atoms with van der Waals surface area (Å²) in [5.41, 5.74) is 2.69. The Morgan fingerprint density at radius 1 is 1.12 bits per heavy atom. The third-order valence-corrected chi connectivity index (χ3v) is 9.01. The average molecular weight is 593 g/mol. The number of nitrogens with zero attached hydrogens (tertiary/aromatic N) is 2. The van der Waals surface area contributed by atoms with Gasteiger partial charge in [0.2, 0.25) is 10.0 Å². The smallest absolute Gasteiger partial charge is 0.255 e. The summed E-state index contributed by atoms with van der Waals surface area (Å²) >= 11 is 2.05. The van der Waals surface area contributed by atoms with E-state index in [4.69, 9.17) is 0 Å². The third-order valence-electron chi connectivity index (χ3n) is 6.50. The topological polar surface area (TPSA) is 71.4 Å². The molecule has 34 heavy (non-hydrogen) atoms. The molecule has 1 fully saturated rings. The van der Waals surface area contributed by atoms with Crippen LogP contribution in [0.5, 0.6) is 0 Å². The van der Waals surface area contributed by atoms with Gasteiger partial charge in [-0.25, -0.2) is 12.8 Å². The van der Waals surface area contributed by atoms with E-state index in [1.54, 1.807) is 17.6 Å². The lowest BCUT2D eigenvalue weighted by molar-refractivity contribution is 0.600. The first-order valence-corrected chi connectivity index (χ1v) is 13.9. The Labute approximate surface area is 212 Å². The summed E-state index contributed by atoms with van der Waals surface area (Å²) in [7, 11) is -3.61. The van der Waals surface area contributed by atoms with E-state index in [0.717, 1.165) is 9.13 Å². The molecule has 1 saturated carbocycles. The fourth-order valence-corrected chi connectivity index (χ4v) is 6.37. The maximum atomic E-state index is 14.8. The van der Waals surface area contributed by atoms with Gasteiger partial charge in [0.1, 0.15) is 11.6 Å². The first-order chi connectivity index (χ1) is 16.2. The number of pyridine rings is 1. The lowest BCUT2D eigenvalue weighted by Gasteiger charge is -2.25. The number of sulfonamides is 1. The minimum Gasteiger partial charge on any atom is -0.350 e. The molecular weight excluding hydrogens is 568 g/mol. The zero-order valence-electron chi connectivity index (χ0n) is 18.7. The summed E-state index contributed by atoms with van der Waals surface area (Å²) in [6, 6.07) is 14.8. The minimum absolute atomic E-state index is 0.124. The highest BCUT2D eigenvalue weighted by molar-refractivity contribution is 14.1. The van der Waals surface area contributed by atoms with E-state index < -0.39 is 15.3 Å². The lowest BCUT2D eigenvalue weighted by atomic mass is 9.99. The fourth-order valence-electron chi connectivity index (χ4n) is 4.49. The number of aromatic nitrogens is 1. The van der Waals surface area contributed by atoms with Crippen LogP contribution in [0, 0.1) is 16.3 Å². The molecule has 0 unspecified atom stereocenters. The maximum absolute atomic E-state index is 14.8. The van der Waals surface area contributed by atoms with Gasteiger partial charge in [0.25, 0.3) is 5.56 Å². The molecule has 3 aromatic rings. The second kappa shape index (κ2) is 8.99. The zero-order valence-corrected chi connectivity index (χ0v) is 21.7. The van der Waals surface area contributed by atoms with Crippen LogP contribution in [-0.4, -0.2) is 24.8 Å². The van der Waals surface area contributed by atoms with Crippen molar-refractivity contribution in [2.24, 2.45) is 0 Å². The van der Waals surface area contributed by atoms with E-state index in [1.165, 1.54) is 6.07 Å². The predicted octanol–water partition coefficient (Wildman–Crippen LogP) is 4.42. The van der Waals surface area contributed by atoms with Crippen LogP contribution in [0.3, 0.4) is 0 Å². The van der Waals surface area contributed by atoms with Crippen LogP contribution in [0.15, 0.2) is 53.3 Å². The summed E-state index contributed by atoms with van der Waals surface area (Å²) in [6.45, 7) is 3.30. The van der Waals surface area contributed by atoms with E-state index >= 15 is 0 Å². The van der Waals surface area contributed by atoms with Gasteiger partial charge in [0.15, 0.2) is 0 Å². The molecule has 0 bridgehead atoms. The molecule has 1 aliphatic carbocycles. The largest absolute Gasteiger partial charge is 0.350 e. The third kappa shape index (κ3) is 4.47. The average Bonchev–Trinajstić information content (AvgIpc) is 3.59. The fraction of sp³-hybridized carbons (Fsp3) is 0.320. The van der Waals surface area contributed by atoms with Gasteiger partial charge in [-0.05, 0) is 71.2 Å². The molecule has 1 N–H and O–H groups in total. The molecule has 2 heterocycles. The Morgan fingerprint density at radius 2 is 1.85 bits per heavy atom. The Morgan fingerprint density at radius 3 is 2.53 bits per heavy atom. The van der Waals surface area contributed by atoms with Crippen molar-refractivity contribution in [1.29, 1.82) is 0 Å². The van der Waals surface area contributed by atoms with Crippen molar-refractivity contribution in [1.82, 2.24) is 4.57 Å². The van der Waals surface area contributed by atoms with Gasteiger partial charge in [-0.2, -0.15) is 0 Å². The summed E-state index contributed by atoms with van der Waals surface area (Å²) in [5.74, 6) is 0.189. The van der Waals surface area contributed by atoms with Crippen molar-refractivity contribution < 1.29 is 12.8 Å². The Balaban J connectivity index is 1.66. The van der Waals surface area contributed by atoms with Crippen molar-refractivity contribution >= 4 is 44.1 Å². The molecule has 6 nitrogen and oxygen atoms in total. The molecule has 1 aromatic heterocycles. The van der Waals surface area contributed by atoms with Crippen molar-refractivity contribution in [2.45, 2.75) is 44.5 Å². The molecule has 1 aliphatic heterocycles. The number of benzene rings is 2. The van der Waals surface area contributed by atoms with Crippen LogP contribution < -0.4 is 15.2 Å². The second-order valence-corrected chi connectivity index (χ2v) is 12.1. The van der Waals surface area contributed by atoms with Crippen molar-refractivity contribution in [3.05, 3.63) is 90.5 Å². The van der Waals surface area contributed by atoms with Crippen LogP contribution in [0.1, 0.15) is 35.1 Å². The zero-order chi connectivity index (χ0) is 24.0. The number of fused-ring (bicyclic) bond motifs is 1. The van der Waals surface area contributed by atoms with E-state index in [-0.39, 0.29) is 17.8 Å². The van der Waals surface area contributed by atoms with Crippen LogP contribution in [-0.2, 0) is 29.5 Å². The van der Waals surface area contributed by atoms with E-state index in [1.807, 2.05) is 63.9 Å². The molecular formula is C25H25FIN3O3S. The summed E-state index contributed by atoms with van der Waals surface area (Å²) in [5, 5.41) is -0.424. The van der Waals surface area contributed by atoms with Gasteiger partial charge in [0, 0.05) is 35.2 Å². The molecule has 0 atom stereocenters. The van der Waals surface area contributed by atoms with Crippen LogP contribution in [0.25, 0.3) is 0 Å². The molecule has 2 aromatic carbocycles. The van der Waals surface area contributed by atoms with Crippen LogP contribution in [0.2, 0.25) is 0 Å². The standard InChI is InChI=1S/C25H25FIN3O3S/c1-16-21(13-18-7-8-19(27)14-22(18)26)23(28-34(32,33)20-9-10-20)24-29(11-12-30(24)25(16)31)15-17-5-3-2-4-6-17/h2-8,14,20,28H,9-13,15H2,1H3. The van der Waals surface area contributed by atoms with E-state index in [0.29, 0.717) is 60.7 Å². The highest BCUT2D eigenvalue weighted by Crippen LogP contribution is 2.39. The molecule has 2 aliphatic rings. The van der Waals surface area contributed by atoms with Gasteiger partial charge in [-0.3, -0.25) is 14.1 Å². The normalized spacial score (nSPS) is 15.4. The molecule has 5 rings (SSSR count). The SMILES string of the molecule is Cc1c(Cc2ccc(I)cc2F)c(NS(=O)(=O)C2CC2)c2n(c1=O)CCN2Cc1ccccc1. The summed E-state index contributed by atoms with van der Waals surface area (Å²) < 4.78 is 46.1. The van der Waals surface area contributed by atoms with Gasteiger partial charge in [-0.1, -0.05) is 36.4 Å². The quantitative estimate of drug-likeness (QED) is 0.412. The van der Waals surface area contributed by atoms with E-state index in [9.17, 15) is 17.6 Å². The minimum atomic E-state index is -3.61. The maximum Gasteiger partial charge on any atom is 0.255 e. The van der Waals surface area contributed by atoms with Gasteiger partial charge in [-0.15, -0.1) is 0 Å². The van der Waals surface area contributed by atoms with Crippen LogP contribution in [0.4, 0.5) is 15.9 Å². The van der Waals surface area contributed by atoms with Gasteiger partial charge >= 0.3 is 0 Å². The highest BCUT2D eigenvalue weighted by atomic mass is 127. The molecule has 0 spiro atoms. The lowest BCUT2D eigenvalue weighted by Crippen LogP contribution is -2.29. The van der Waals surface area contributed by atoms with Crippen molar-refractivity contribution in [3.8, 4) is 0 Å². The molecule has 9 heteroatoms. The Hall–Kier alpha value is -2.40. The number of anilines is 2. The molecule has 0 radical (unpaired) electrons. The first kappa shape index (κ1) is 23.3. The number of halogens is 2. The second-order valence-electron chi connectivity index (χ2n) is 8.93. The first-order valence-electron chi connectivity index (χ1n) is 11.3. The molecule has 0 saturated heterocycles. The number of nitrogens with one attached hydrogen (secondary N) is 1. The van der Waals surface area contributed by atoms with Gasteiger partial charge in [0.05, 0.1) is 10.9 Å². The van der Waals surface area contributed by atoms with Crippen molar-refractivity contribution in [3.63, 3.8) is 0 Å². The summed E-state index contributed by atoms with van der Waals surface area (Å²) in [4.78, 5) is 15.4. The van der Waals surface area contributed by atoms with Gasteiger partial charge < -0.3 is 4.90 Å². The number of hydrogen-bond donors (Lipinski definition) is 1. The monoisotopic (exact) mass is 593 g/mol. The predicted molar refractivity (Wildman–Crippen MR) is 140 cm³/mol. The number of rotatable bonds is 7. The van der Waals surface area contributed by atoms with Crippen molar-refractivity contribution in [2.75, 3.05) is 16.2 Å². The Kier molecular flexibility index (Phi) is 6.18. The van der Waals surface area contributed by atoms with E-state index in [2.05, 4.69) is 4.72 Å². The molecule has 178 valence electrons. The summed E-state index contributed by atoms with van der Waals surface area (Å²) in [6.07, 6.45) is 1.37. The van der Waals surface area contributed by atoms with Crippen LogP contribution >= 0.6 is 22.6 Å². The highest BCUT2D eigenvalue weighted by Gasteiger charge is 2.38. The molecule has 0 amide bonds. The Bertz CT molecular complexity index is 1420. The number of hydrogen-bond acceptors (Lipinski definition) is 4.